The van der Waals surface area contributed by atoms with Crippen molar-refractivity contribution >= 4 is 43.6 Å². The van der Waals surface area contributed by atoms with Gasteiger partial charge in [-0.25, -0.2) is 0 Å². The molecule has 0 spiro atoms. The Bertz CT molecular complexity index is 1010. The van der Waals surface area contributed by atoms with Crippen LogP contribution in [0, 0.1) is 0 Å². The van der Waals surface area contributed by atoms with Crippen LogP contribution in [0.4, 0.5) is 0 Å². The van der Waals surface area contributed by atoms with Gasteiger partial charge in [-0.1, -0.05) is 50.2 Å². The monoisotopic (exact) mass is 286 g/mol. The molecule has 0 bridgehead atoms. The fraction of sp³-hybridized carbons (Fsp3) is 0.100. The Hall–Kier alpha value is -2.74. The standard InChI is InChI=1S/C18H12N2.C2H6/c1-3-7-15-11(5-1)13-9-18-14(10-17(13)19-15)12-6-2-4-8-16(12)20-18;1-2/h1-10,19-20H;1-2H3. The Morgan fingerprint density at radius 1 is 0.500 bits per heavy atom. The van der Waals surface area contributed by atoms with Gasteiger partial charge in [0, 0.05) is 43.6 Å². The van der Waals surface area contributed by atoms with Crippen LogP contribution in [0.15, 0.2) is 60.7 Å². The topological polar surface area (TPSA) is 31.6 Å². The molecule has 0 saturated carbocycles. The van der Waals surface area contributed by atoms with Gasteiger partial charge in [-0.2, -0.15) is 0 Å². The lowest BCUT2D eigenvalue weighted by atomic mass is 10.1. The minimum absolute atomic E-state index is 1.19. The summed E-state index contributed by atoms with van der Waals surface area (Å²) >= 11 is 0. The Morgan fingerprint density at radius 2 is 0.909 bits per heavy atom. The van der Waals surface area contributed by atoms with Gasteiger partial charge in [-0.05, 0) is 24.3 Å². The molecule has 2 heterocycles. The molecule has 2 aromatic heterocycles. The SMILES string of the molecule is CC.c1ccc2c(c1)[nH]c1cc3c(cc12)[nH]c1ccccc13. The van der Waals surface area contributed by atoms with Gasteiger partial charge in [0.15, 0.2) is 0 Å². The van der Waals surface area contributed by atoms with Crippen LogP contribution in [0.5, 0.6) is 0 Å². The van der Waals surface area contributed by atoms with Gasteiger partial charge in [0.25, 0.3) is 0 Å². The molecule has 0 saturated heterocycles. The molecule has 0 atom stereocenters. The van der Waals surface area contributed by atoms with Crippen molar-refractivity contribution in [2.75, 3.05) is 0 Å². The zero-order chi connectivity index (χ0) is 15.1. The Kier molecular flexibility index (Phi) is 2.90. The molecule has 2 N–H and O–H groups in total. The van der Waals surface area contributed by atoms with Gasteiger partial charge in [0.05, 0.1) is 0 Å². The zero-order valence-corrected chi connectivity index (χ0v) is 12.8. The number of rotatable bonds is 0. The molecule has 2 heteroatoms. The smallest absolute Gasteiger partial charge is 0.0472 e. The summed E-state index contributed by atoms with van der Waals surface area (Å²) in [7, 11) is 0. The molecule has 3 aromatic carbocycles. The first kappa shape index (κ1) is 13.0. The van der Waals surface area contributed by atoms with Crippen molar-refractivity contribution in [3.8, 4) is 0 Å². The number of hydrogen-bond donors (Lipinski definition) is 2. The van der Waals surface area contributed by atoms with E-state index in [-0.39, 0.29) is 0 Å². The van der Waals surface area contributed by atoms with Crippen molar-refractivity contribution in [2.45, 2.75) is 13.8 Å². The van der Waals surface area contributed by atoms with E-state index in [0.29, 0.717) is 0 Å². The number of aromatic nitrogens is 2. The molecule has 5 rings (SSSR count). The maximum atomic E-state index is 3.51. The van der Waals surface area contributed by atoms with E-state index in [1.54, 1.807) is 0 Å². The van der Waals surface area contributed by atoms with Gasteiger partial charge >= 0.3 is 0 Å². The van der Waals surface area contributed by atoms with E-state index in [1.807, 2.05) is 13.8 Å². The van der Waals surface area contributed by atoms with Crippen molar-refractivity contribution in [2.24, 2.45) is 0 Å². The quantitative estimate of drug-likeness (QED) is 0.351. The summed E-state index contributed by atoms with van der Waals surface area (Å²) in [5, 5.41) is 5.12. The maximum Gasteiger partial charge on any atom is 0.0472 e. The summed E-state index contributed by atoms with van der Waals surface area (Å²) in [5.41, 5.74) is 4.78. The normalized spacial score (nSPS) is 11.2. The first-order chi connectivity index (χ1) is 10.9. The number of para-hydroxylation sites is 2. The highest BCUT2D eigenvalue weighted by Crippen LogP contribution is 2.32. The molecular formula is C20H18N2. The summed E-state index contributed by atoms with van der Waals surface area (Å²) < 4.78 is 0. The van der Waals surface area contributed by atoms with Crippen LogP contribution < -0.4 is 0 Å². The number of aromatic amines is 2. The molecule has 0 unspecified atom stereocenters. The predicted molar refractivity (Wildman–Crippen MR) is 96.5 cm³/mol. The van der Waals surface area contributed by atoms with E-state index >= 15 is 0 Å². The second-order valence-electron chi connectivity index (χ2n) is 5.28. The summed E-state index contributed by atoms with van der Waals surface area (Å²) in [4.78, 5) is 7.02. The molecule has 0 radical (unpaired) electrons. The number of H-pyrrole nitrogens is 2. The molecule has 0 amide bonds. The van der Waals surface area contributed by atoms with E-state index in [4.69, 9.17) is 0 Å². The molecule has 0 fully saturated rings. The lowest BCUT2D eigenvalue weighted by Crippen LogP contribution is -1.70. The lowest BCUT2D eigenvalue weighted by Gasteiger charge is -1.93. The van der Waals surface area contributed by atoms with Gasteiger partial charge < -0.3 is 9.97 Å². The Morgan fingerprint density at radius 3 is 1.36 bits per heavy atom. The average Bonchev–Trinajstić information content (AvgIpc) is 3.12. The van der Waals surface area contributed by atoms with Crippen molar-refractivity contribution < 1.29 is 0 Å². The highest BCUT2D eigenvalue weighted by Gasteiger charge is 2.08. The van der Waals surface area contributed by atoms with Gasteiger partial charge in [-0.15, -0.1) is 0 Å². The predicted octanol–water partition coefficient (Wildman–Crippen LogP) is 5.98. The largest absolute Gasteiger partial charge is 0.354 e. The minimum atomic E-state index is 1.19. The van der Waals surface area contributed by atoms with E-state index in [9.17, 15) is 0 Å². The first-order valence-electron chi connectivity index (χ1n) is 7.81. The molecule has 2 nitrogen and oxygen atoms in total. The molecule has 5 aromatic rings. The molecule has 0 aliphatic heterocycles. The molecule has 0 aliphatic carbocycles. The second-order valence-corrected chi connectivity index (χ2v) is 5.28. The highest BCUT2D eigenvalue weighted by molar-refractivity contribution is 6.16. The van der Waals surface area contributed by atoms with Crippen molar-refractivity contribution in [1.29, 1.82) is 0 Å². The van der Waals surface area contributed by atoms with Gasteiger partial charge in [0.2, 0.25) is 0 Å². The van der Waals surface area contributed by atoms with Crippen molar-refractivity contribution in [3.63, 3.8) is 0 Å². The third-order valence-corrected chi connectivity index (χ3v) is 4.13. The van der Waals surface area contributed by atoms with Crippen molar-refractivity contribution in [3.05, 3.63) is 60.7 Å². The molecular weight excluding hydrogens is 268 g/mol. The van der Waals surface area contributed by atoms with Crippen LogP contribution in [-0.2, 0) is 0 Å². The Labute approximate surface area is 128 Å². The summed E-state index contributed by atoms with van der Waals surface area (Å²) in [6.45, 7) is 4.00. The molecule has 22 heavy (non-hydrogen) atoms. The maximum absolute atomic E-state index is 3.51. The number of benzene rings is 3. The number of nitrogens with one attached hydrogen (secondary N) is 2. The first-order valence-corrected chi connectivity index (χ1v) is 7.81. The molecule has 108 valence electrons. The van der Waals surface area contributed by atoms with E-state index in [1.165, 1.54) is 43.6 Å². The third-order valence-electron chi connectivity index (χ3n) is 4.13. The van der Waals surface area contributed by atoms with Gasteiger partial charge in [0.1, 0.15) is 0 Å². The third kappa shape index (κ3) is 1.74. The summed E-state index contributed by atoms with van der Waals surface area (Å²) in [6.07, 6.45) is 0. The van der Waals surface area contributed by atoms with E-state index in [0.717, 1.165) is 0 Å². The second kappa shape index (κ2) is 4.92. The van der Waals surface area contributed by atoms with Crippen molar-refractivity contribution in [1.82, 2.24) is 9.97 Å². The van der Waals surface area contributed by atoms with E-state index < -0.39 is 0 Å². The van der Waals surface area contributed by atoms with Gasteiger partial charge in [-0.3, -0.25) is 0 Å². The lowest BCUT2D eigenvalue weighted by molar-refractivity contribution is 1.50. The van der Waals surface area contributed by atoms with Crippen LogP contribution in [-0.4, -0.2) is 9.97 Å². The van der Waals surface area contributed by atoms with Crippen LogP contribution in [0.2, 0.25) is 0 Å². The van der Waals surface area contributed by atoms with Crippen LogP contribution in [0.1, 0.15) is 13.8 Å². The van der Waals surface area contributed by atoms with Crippen LogP contribution in [0.3, 0.4) is 0 Å². The van der Waals surface area contributed by atoms with E-state index in [2.05, 4.69) is 70.6 Å². The number of hydrogen-bond acceptors (Lipinski definition) is 0. The number of fused-ring (bicyclic) bond motifs is 6. The summed E-state index contributed by atoms with van der Waals surface area (Å²) in [6, 6.07) is 21.4. The zero-order valence-electron chi connectivity index (χ0n) is 12.8. The summed E-state index contributed by atoms with van der Waals surface area (Å²) in [5.74, 6) is 0. The molecule has 0 aliphatic rings. The fourth-order valence-electron chi connectivity index (χ4n) is 3.20. The minimum Gasteiger partial charge on any atom is -0.354 e. The average molecular weight is 286 g/mol. The van der Waals surface area contributed by atoms with Crippen LogP contribution in [0.25, 0.3) is 43.6 Å². The highest BCUT2D eigenvalue weighted by atomic mass is 14.7. The van der Waals surface area contributed by atoms with Crippen LogP contribution >= 0.6 is 0 Å². The Balaban J connectivity index is 0.000000602. The fourth-order valence-corrected chi connectivity index (χ4v) is 3.20.